The van der Waals surface area contributed by atoms with Gasteiger partial charge in [0.25, 0.3) is 0 Å². The number of nitrogen functional groups attached to an aromatic ring is 1. The van der Waals surface area contributed by atoms with Crippen LogP contribution in [-0.2, 0) is 16.4 Å². The number of hydrogen-bond acceptors (Lipinski definition) is 3. The summed E-state index contributed by atoms with van der Waals surface area (Å²) in [6.07, 6.45) is 5.00. The summed E-state index contributed by atoms with van der Waals surface area (Å²) in [6.45, 7) is 4.60. The summed E-state index contributed by atoms with van der Waals surface area (Å²) in [6, 6.07) is 4.93. The van der Waals surface area contributed by atoms with Gasteiger partial charge in [0.15, 0.2) is 0 Å². The molecule has 0 radical (unpaired) electrons. The number of nitrogens with two attached hydrogens (primary N) is 1. The van der Waals surface area contributed by atoms with Crippen molar-refractivity contribution in [3.63, 3.8) is 0 Å². The molecular formula is C14H24N2O2S. The van der Waals surface area contributed by atoms with Gasteiger partial charge >= 0.3 is 0 Å². The molecule has 0 saturated carbocycles. The van der Waals surface area contributed by atoms with E-state index in [4.69, 9.17) is 5.73 Å². The molecule has 4 nitrogen and oxygen atoms in total. The first-order chi connectivity index (χ1) is 9.01. The van der Waals surface area contributed by atoms with Gasteiger partial charge in [-0.2, -0.15) is 0 Å². The lowest BCUT2D eigenvalue weighted by Crippen LogP contribution is -2.25. The summed E-state index contributed by atoms with van der Waals surface area (Å²) in [7, 11) is -3.42. The SMILES string of the molecule is CCCCCCNS(=O)(=O)c1ccc(CC)c(N)c1. The highest BCUT2D eigenvalue weighted by Gasteiger charge is 2.14. The maximum absolute atomic E-state index is 12.1. The fraction of sp³-hybridized carbons (Fsp3) is 0.571. The third-order valence-electron chi connectivity index (χ3n) is 3.13. The van der Waals surface area contributed by atoms with Crippen LogP contribution in [-0.4, -0.2) is 15.0 Å². The highest BCUT2D eigenvalue weighted by Crippen LogP contribution is 2.18. The normalized spacial score (nSPS) is 11.7. The number of hydrogen-bond donors (Lipinski definition) is 2. The number of rotatable bonds is 8. The predicted octanol–water partition coefficient (Wildman–Crippen LogP) is 2.69. The third-order valence-corrected chi connectivity index (χ3v) is 4.59. The molecule has 0 unspecified atom stereocenters. The van der Waals surface area contributed by atoms with E-state index in [2.05, 4.69) is 11.6 Å². The van der Waals surface area contributed by atoms with Crippen molar-refractivity contribution in [1.82, 2.24) is 4.72 Å². The van der Waals surface area contributed by atoms with Gasteiger partial charge in [0.1, 0.15) is 0 Å². The number of sulfonamides is 1. The Bertz CT molecular complexity index is 498. The molecule has 1 aromatic carbocycles. The average molecular weight is 284 g/mol. The van der Waals surface area contributed by atoms with E-state index in [1.165, 1.54) is 6.07 Å². The molecule has 0 atom stereocenters. The van der Waals surface area contributed by atoms with Crippen molar-refractivity contribution < 1.29 is 8.42 Å². The van der Waals surface area contributed by atoms with Gasteiger partial charge in [-0.15, -0.1) is 0 Å². The van der Waals surface area contributed by atoms with E-state index in [1.807, 2.05) is 6.92 Å². The molecule has 0 spiro atoms. The molecule has 0 amide bonds. The second-order valence-electron chi connectivity index (χ2n) is 4.67. The van der Waals surface area contributed by atoms with Gasteiger partial charge in [0.05, 0.1) is 4.90 Å². The van der Waals surface area contributed by atoms with Crippen LogP contribution in [0, 0.1) is 0 Å². The van der Waals surface area contributed by atoms with Gasteiger partial charge in [-0.05, 0) is 30.5 Å². The van der Waals surface area contributed by atoms with E-state index in [0.29, 0.717) is 12.2 Å². The molecule has 0 bridgehead atoms. The fourth-order valence-electron chi connectivity index (χ4n) is 1.90. The number of benzene rings is 1. The number of anilines is 1. The molecule has 0 aliphatic rings. The predicted molar refractivity (Wildman–Crippen MR) is 79.6 cm³/mol. The molecule has 1 rings (SSSR count). The number of unbranched alkanes of at least 4 members (excludes halogenated alkanes) is 3. The molecule has 0 aliphatic carbocycles. The summed E-state index contributed by atoms with van der Waals surface area (Å²) in [5.41, 5.74) is 7.34. The maximum Gasteiger partial charge on any atom is 0.240 e. The summed E-state index contributed by atoms with van der Waals surface area (Å²) >= 11 is 0. The van der Waals surface area contributed by atoms with Crippen LogP contribution < -0.4 is 10.5 Å². The van der Waals surface area contributed by atoms with Crippen molar-refractivity contribution in [3.05, 3.63) is 23.8 Å². The lowest BCUT2D eigenvalue weighted by molar-refractivity contribution is 0.573. The molecule has 0 fully saturated rings. The van der Waals surface area contributed by atoms with Gasteiger partial charge in [-0.1, -0.05) is 39.2 Å². The summed E-state index contributed by atoms with van der Waals surface area (Å²) in [4.78, 5) is 0.248. The smallest absolute Gasteiger partial charge is 0.240 e. The van der Waals surface area contributed by atoms with Crippen LogP contribution in [0.2, 0.25) is 0 Å². The fourth-order valence-corrected chi connectivity index (χ4v) is 3.01. The van der Waals surface area contributed by atoms with Crippen molar-refractivity contribution in [2.24, 2.45) is 0 Å². The first-order valence-electron chi connectivity index (χ1n) is 6.89. The zero-order valence-corrected chi connectivity index (χ0v) is 12.6. The van der Waals surface area contributed by atoms with Crippen LogP contribution in [0.1, 0.15) is 45.1 Å². The van der Waals surface area contributed by atoms with Crippen LogP contribution in [0.25, 0.3) is 0 Å². The van der Waals surface area contributed by atoms with E-state index < -0.39 is 10.0 Å². The topological polar surface area (TPSA) is 72.2 Å². The van der Waals surface area contributed by atoms with Gasteiger partial charge in [0, 0.05) is 12.2 Å². The molecule has 0 aromatic heterocycles. The van der Waals surface area contributed by atoms with Crippen molar-refractivity contribution in [2.45, 2.75) is 50.8 Å². The molecule has 3 N–H and O–H groups in total. The summed E-state index contributed by atoms with van der Waals surface area (Å²) in [5.74, 6) is 0. The lowest BCUT2D eigenvalue weighted by Gasteiger charge is -2.09. The van der Waals surface area contributed by atoms with Gasteiger partial charge in [0.2, 0.25) is 10.0 Å². The minimum atomic E-state index is -3.42. The number of nitrogens with one attached hydrogen (secondary N) is 1. The van der Waals surface area contributed by atoms with Crippen molar-refractivity contribution in [3.8, 4) is 0 Å². The molecule has 5 heteroatoms. The zero-order chi connectivity index (χ0) is 14.3. The third kappa shape index (κ3) is 4.84. The van der Waals surface area contributed by atoms with Gasteiger partial charge in [-0.3, -0.25) is 0 Å². The highest BCUT2D eigenvalue weighted by atomic mass is 32.2. The Balaban J connectivity index is 2.64. The first-order valence-corrected chi connectivity index (χ1v) is 8.37. The molecule has 1 aromatic rings. The summed E-state index contributed by atoms with van der Waals surface area (Å²) in [5, 5.41) is 0. The molecule has 0 heterocycles. The number of aryl methyl sites for hydroxylation is 1. The minimum Gasteiger partial charge on any atom is -0.398 e. The van der Waals surface area contributed by atoms with E-state index in [9.17, 15) is 8.42 Å². The van der Waals surface area contributed by atoms with Crippen LogP contribution in [0.4, 0.5) is 5.69 Å². The van der Waals surface area contributed by atoms with Crippen LogP contribution in [0.15, 0.2) is 23.1 Å². The lowest BCUT2D eigenvalue weighted by atomic mass is 10.1. The monoisotopic (exact) mass is 284 g/mol. The minimum absolute atomic E-state index is 0.248. The Kier molecular flexibility index (Phi) is 6.31. The van der Waals surface area contributed by atoms with Crippen LogP contribution in [0.5, 0.6) is 0 Å². The maximum atomic E-state index is 12.1. The average Bonchev–Trinajstić information content (AvgIpc) is 2.38. The van der Waals surface area contributed by atoms with Gasteiger partial charge in [-0.25, -0.2) is 13.1 Å². The van der Waals surface area contributed by atoms with E-state index in [0.717, 1.165) is 37.7 Å². The highest BCUT2D eigenvalue weighted by molar-refractivity contribution is 7.89. The Morgan fingerprint density at radius 1 is 1.16 bits per heavy atom. The van der Waals surface area contributed by atoms with Crippen molar-refractivity contribution in [2.75, 3.05) is 12.3 Å². The first kappa shape index (κ1) is 16.0. The molecule has 0 aliphatic heterocycles. The largest absolute Gasteiger partial charge is 0.398 e. The standard InChI is InChI=1S/C14H24N2O2S/c1-3-5-6-7-10-16-19(17,18)13-9-8-12(4-2)14(15)11-13/h8-9,11,16H,3-7,10,15H2,1-2H3. The molecule has 19 heavy (non-hydrogen) atoms. The molecular weight excluding hydrogens is 260 g/mol. The zero-order valence-electron chi connectivity index (χ0n) is 11.8. The van der Waals surface area contributed by atoms with Crippen LogP contribution >= 0.6 is 0 Å². The second-order valence-corrected chi connectivity index (χ2v) is 6.44. The Morgan fingerprint density at radius 2 is 1.89 bits per heavy atom. The molecule has 0 saturated heterocycles. The van der Waals surface area contributed by atoms with Crippen LogP contribution in [0.3, 0.4) is 0 Å². The summed E-state index contributed by atoms with van der Waals surface area (Å²) < 4.78 is 26.7. The van der Waals surface area contributed by atoms with Crippen molar-refractivity contribution in [1.29, 1.82) is 0 Å². The van der Waals surface area contributed by atoms with E-state index in [-0.39, 0.29) is 4.90 Å². The quantitative estimate of drug-likeness (QED) is 0.569. The van der Waals surface area contributed by atoms with E-state index >= 15 is 0 Å². The Labute approximate surface area is 116 Å². The van der Waals surface area contributed by atoms with Crippen molar-refractivity contribution >= 4 is 15.7 Å². The molecule has 108 valence electrons. The Morgan fingerprint density at radius 3 is 2.47 bits per heavy atom. The Hall–Kier alpha value is -1.07. The second kappa shape index (κ2) is 7.50. The van der Waals surface area contributed by atoms with Gasteiger partial charge < -0.3 is 5.73 Å². The van der Waals surface area contributed by atoms with E-state index in [1.54, 1.807) is 12.1 Å².